The van der Waals surface area contributed by atoms with Crippen molar-refractivity contribution >= 4 is 34.3 Å². The number of carbonyl (C=O) groups excluding carboxylic acids is 1. The molecule has 1 aliphatic rings. The van der Waals surface area contributed by atoms with Crippen LogP contribution in [-0.2, 0) is 0 Å². The number of amides is 1. The molecule has 1 amide bonds. The van der Waals surface area contributed by atoms with Crippen molar-refractivity contribution in [3.8, 4) is 5.75 Å². The van der Waals surface area contributed by atoms with E-state index >= 15 is 0 Å². The first-order valence-corrected chi connectivity index (χ1v) is 9.61. The number of ether oxygens (including phenoxy) is 1. The van der Waals surface area contributed by atoms with E-state index in [9.17, 15) is 9.59 Å². The minimum Gasteiger partial charge on any atom is -0.497 e. The Balaban J connectivity index is 1.80. The first-order valence-electron chi connectivity index (χ1n) is 9.23. The van der Waals surface area contributed by atoms with Crippen molar-refractivity contribution in [2.45, 2.75) is 6.04 Å². The zero-order valence-electron chi connectivity index (χ0n) is 15.8. The molecule has 148 valence electrons. The number of carbonyl (C=O) groups is 1. The SMILES string of the molecule is COc1ccc([C@H]2c3c(oc4ccc(Cl)cc4c3=O)C(=O)N2c2ccccn2)cc1. The second kappa shape index (κ2) is 7.00. The summed E-state index contributed by atoms with van der Waals surface area (Å²) in [4.78, 5) is 32.6. The fourth-order valence-electron chi connectivity index (χ4n) is 3.78. The van der Waals surface area contributed by atoms with Crippen LogP contribution >= 0.6 is 11.6 Å². The number of fused-ring (bicyclic) bond motifs is 2. The topological polar surface area (TPSA) is 72.6 Å². The number of benzene rings is 2. The second-order valence-electron chi connectivity index (χ2n) is 6.85. The lowest BCUT2D eigenvalue weighted by atomic mass is 9.98. The molecule has 0 saturated heterocycles. The molecule has 1 aliphatic heterocycles. The van der Waals surface area contributed by atoms with Crippen molar-refractivity contribution in [3.05, 3.63) is 99.0 Å². The molecule has 0 radical (unpaired) electrons. The standard InChI is InChI=1S/C23H15ClN2O4/c1-29-15-8-5-13(6-9-15)20-19-21(27)16-12-14(24)7-10-17(16)30-22(19)23(28)26(20)18-4-2-3-11-25-18/h2-12,20H,1H3/t20-/m0/s1. The van der Waals surface area contributed by atoms with Gasteiger partial charge in [-0.3, -0.25) is 14.5 Å². The Hall–Kier alpha value is -3.64. The molecule has 1 atom stereocenters. The highest BCUT2D eigenvalue weighted by Crippen LogP contribution is 2.40. The van der Waals surface area contributed by atoms with Gasteiger partial charge in [-0.05, 0) is 48.0 Å². The maximum Gasteiger partial charge on any atom is 0.296 e. The Morgan fingerprint density at radius 2 is 1.87 bits per heavy atom. The number of pyridine rings is 1. The van der Waals surface area contributed by atoms with Crippen molar-refractivity contribution in [1.29, 1.82) is 0 Å². The maximum atomic E-state index is 13.5. The third-order valence-electron chi connectivity index (χ3n) is 5.16. The molecule has 5 rings (SSSR count). The number of nitrogens with zero attached hydrogens (tertiary/aromatic N) is 2. The molecule has 0 aliphatic carbocycles. The molecular weight excluding hydrogens is 404 g/mol. The van der Waals surface area contributed by atoms with Crippen LogP contribution < -0.4 is 15.1 Å². The number of hydrogen-bond acceptors (Lipinski definition) is 5. The summed E-state index contributed by atoms with van der Waals surface area (Å²) in [5.74, 6) is 0.695. The molecule has 0 saturated carbocycles. The van der Waals surface area contributed by atoms with Gasteiger partial charge in [0.05, 0.1) is 24.1 Å². The van der Waals surface area contributed by atoms with Crippen molar-refractivity contribution < 1.29 is 13.9 Å². The number of rotatable bonds is 3. The number of aromatic nitrogens is 1. The van der Waals surface area contributed by atoms with Crippen LogP contribution in [-0.4, -0.2) is 18.0 Å². The summed E-state index contributed by atoms with van der Waals surface area (Å²) in [6.07, 6.45) is 1.60. The van der Waals surface area contributed by atoms with Crippen molar-refractivity contribution in [1.82, 2.24) is 4.98 Å². The van der Waals surface area contributed by atoms with Gasteiger partial charge in [0.1, 0.15) is 17.2 Å². The molecule has 0 fully saturated rings. The molecule has 30 heavy (non-hydrogen) atoms. The van der Waals surface area contributed by atoms with Crippen LogP contribution in [0.2, 0.25) is 5.02 Å². The quantitative estimate of drug-likeness (QED) is 0.486. The van der Waals surface area contributed by atoms with Gasteiger partial charge in [-0.1, -0.05) is 29.8 Å². The number of halogens is 1. The van der Waals surface area contributed by atoms with Gasteiger partial charge in [-0.15, -0.1) is 0 Å². The smallest absolute Gasteiger partial charge is 0.296 e. The third-order valence-corrected chi connectivity index (χ3v) is 5.39. The summed E-state index contributed by atoms with van der Waals surface area (Å²) in [5.41, 5.74) is 1.03. The molecule has 0 N–H and O–H groups in total. The van der Waals surface area contributed by atoms with E-state index in [0.29, 0.717) is 27.6 Å². The normalized spacial score (nSPS) is 15.5. The van der Waals surface area contributed by atoms with Gasteiger partial charge < -0.3 is 9.15 Å². The molecule has 0 bridgehead atoms. The summed E-state index contributed by atoms with van der Waals surface area (Å²) in [6.45, 7) is 0. The largest absolute Gasteiger partial charge is 0.497 e. The molecule has 2 aromatic heterocycles. The molecule has 4 aromatic rings. The Bertz CT molecular complexity index is 1330. The van der Waals surface area contributed by atoms with Gasteiger partial charge in [0.25, 0.3) is 5.91 Å². The third kappa shape index (κ3) is 2.76. The van der Waals surface area contributed by atoms with Gasteiger partial charge >= 0.3 is 0 Å². The summed E-state index contributed by atoms with van der Waals surface area (Å²) < 4.78 is 11.1. The Labute approximate surface area is 176 Å². The van der Waals surface area contributed by atoms with Gasteiger partial charge in [-0.25, -0.2) is 4.98 Å². The molecule has 2 aromatic carbocycles. The van der Waals surface area contributed by atoms with E-state index in [0.717, 1.165) is 5.56 Å². The van der Waals surface area contributed by atoms with E-state index in [4.69, 9.17) is 20.8 Å². The average Bonchev–Trinajstić information content (AvgIpc) is 3.07. The summed E-state index contributed by atoms with van der Waals surface area (Å²) in [5, 5.41) is 0.747. The van der Waals surface area contributed by atoms with E-state index in [1.54, 1.807) is 61.8 Å². The van der Waals surface area contributed by atoms with Crippen molar-refractivity contribution in [3.63, 3.8) is 0 Å². The van der Waals surface area contributed by atoms with E-state index in [1.807, 2.05) is 12.1 Å². The van der Waals surface area contributed by atoms with Crippen LogP contribution in [0.5, 0.6) is 5.75 Å². The second-order valence-corrected chi connectivity index (χ2v) is 7.29. The van der Waals surface area contributed by atoms with Gasteiger partial charge in [-0.2, -0.15) is 0 Å². The predicted octanol–water partition coefficient (Wildman–Crippen LogP) is 4.60. The van der Waals surface area contributed by atoms with Gasteiger partial charge in [0, 0.05) is 11.2 Å². The number of methoxy groups -OCH3 is 1. The fraction of sp³-hybridized carbons (Fsp3) is 0.0870. The highest BCUT2D eigenvalue weighted by molar-refractivity contribution is 6.31. The lowest BCUT2D eigenvalue weighted by molar-refractivity contribution is 0.0970. The summed E-state index contributed by atoms with van der Waals surface area (Å²) >= 11 is 6.10. The molecule has 3 heterocycles. The Morgan fingerprint density at radius 3 is 2.57 bits per heavy atom. The van der Waals surface area contributed by atoms with Crippen LogP contribution in [0.1, 0.15) is 27.7 Å². The van der Waals surface area contributed by atoms with E-state index in [2.05, 4.69) is 4.98 Å². The van der Waals surface area contributed by atoms with Crippen molar-refractivity contribution in [2.24, 2.45) is 0 Å². The molecule has 0 unspecified atom stereocenters. The zero-order valence-corrected chi connectivity index (χ0v) is 16.6. The van der Waals surface area contributed by atoms with Crippen LogP contribution in [0.3, 0.4) is 0 Å². The van der Waals surface area contributed by atoms with E-state index in [-0.39, 0.29) is 16.8 Å². The van der Waals surface area contributed by atoms with Crippen LogP contribution in [0, 0.1) is 0 Å². The van der Waals surface area contributed by atoms with Crippen LogP contribution in [0.4, 0.5) is 5.82 Å². The first-order chi connectivity index (χ1) is 14.6. The summed E-state index contributed by atoms with van der Waals surface area (Å²) in [6, 6.07) is 16.6. The van der Waals surface area contributed by atoms with E-state index in [1.165, 1.54) is 4.90 Å². The molecule has 6 nitrogen and oxygen atoms in total. The van der Waals surface area contributed by atoms with Gasteiger partial charge in [0.2, 0.25) is 5.76 Å². The van der Waals surface area contributed by atoms with Crippen molar-refractivity contribution in [2.75, 3.05) is 12.0 Å². The highest BCUT2D eigenvalue weighted by Gasteiger charge is 2.44. The molecule has 7 heteroatoms. The lowest BCUT2D eigenvalue weighted by Crippen LogP contribution is -2.30. The zero-order chi connectivity index (χ0) is 20.8. The fourth-order valence-corrected chi connectivity index (χ4v) is 3.95. The number of hydrogen-bond donors (Lipinski definition) is 0. The van der Waals surface area contributed by atoms with Crippen LogP contribution in [0.15, 0.2) is 76.1 Å². The highest BCUT2D eigenvalue weighted by atomic mass is 35.5. The Kier molecular flexibility index (Phi) is 4.29. The number of anilines is 1. The first kappa shape index (κ1) is 18.4. The van der Waals surface area contributed by atoms with Gasteiger partial charge in [0.15, 0.2) is 5.43 Å². The predicted molar refractivity (Wildman–Crippen MR) is 113 cm³/mol. The van der Waals surface area contributed by atoms with Crippen LogP contribution in [0.25, 0.3) is 11.0 Å². The van der Waals surface area contributed by atoms with E-state index < -0.39 is 11.9 Å². The summed E-state index contributed by atoms with van der Waals surface area (Å²) in [7, 11) is 1.58. The molecule has 0 spiro atoms. The minimum atomic E-state index is -0.687. The average molecular weight is 419 g/mol. The Morgan fingerprint density at radius 1 is 1.07 bits per heavy atom. The monoisotopic (exact) mass is 418 g/mol. The lowest BCUT2D eigenvalue weighted by Gasteiger charge is -2.24. The molecular formula is C23H15ClN2O4. The minimum absolute atomic E-state index is 0.0151. The maximum absolute atomic E-state index is 13.5.